The molecule has 0 radical (unpaired) electrons. The van der Waals surface area contributed by atoms with Crippen molar-refractivity contribution in [2.24, 2.45) is 0 Å². The summed E-state index contributed by atoms with van der Waals surface area (Å²) in [5.74, 6) is -0.0778. The lowest BCUT2D eigenvalue weighted by molar-refractivity contribution is 0.595. The van der Waals surface area contributed by atoms with Gasteiger partial charge in [0.25, 0.3) is 0 Å². The van der Waals surface area contributed by atoms with E-state index in [0.717, 1.165) is 83.4 Å². The Kier molecular flexibility index (Phi) is 6.97. The van der Waals surface area contributed by atoms with Crippen LogP contribution in [0.4, 0.5) is 0 Å². The lowest BCUT2D eigenvalue weighted by atomic mass is 9.92. The van der Waals surface area contributed by atoms with E-state index in [1.165, 1.54) is 0 Å². The molecule has 5 nitrogen and oxygen atoms in total. The van der Waals surface area contributed by atoms with Gasteiger partial charge < -0.3 is 4.57 Å². The SMILES string of the molecule is N#Cc1ccc2c(c1)c1ccccc1n2-c1ccc2c(c1)-c1ccc(-c3cc(-c4ccccc4)nc(-c4ccccc4)c3)cc1CS(=O)(=O)C2. The minimum Gasteiger partial charge on any atom is -0.309 e. The summed E-state index contributed by atoms with van der Waals surface area (Å²) >= 11 is 0. The maximum Gasteiger partial charge on any atom is 0.158 e. The number of sulfone groups is 1. The first-order valence-corrected chi connectivity index (χ1v) is 18.3. The Morgan fingerprint density at radius 2 is 1.20 bits per heavy atom. The van der Waals surface area contributed by atoms with Crippen LogP contribution in [0.2, 0.25) is 0 Å². The number of nitrogens with zero attached hydrogens (tertiary/aromatic N) is 3. The Labute approximate surface area is 290 Å². The number of aromatic nitrogens is 2. The molecule has 0 fully saturated rings. The van der Waals surface area contributed by atoms with Crippen LogP contribution in [-0.4, -0.2) is 18.0 Å². The number of para-hydroxylation sites is 1. The van der Waals surface area contributed by atoms with E-state index < -0.39 is 9.84 Å². The first-order valence-electron chi connectivity index (χ1n) is 16.5. The molecule has 2 aromatic heterocycles. The number of rotatable bonds is 4. The maximum atomic E-state index is 13.6. The lowest BCUT2D eigenvalue weighted by Crippen LogP contribution is -2.05. The molecule has 1 aliphatic rings. The second kappa shape index (κ2) is 11.7. The number of benzene rings is 6. The van der Waals surface area contributed by atoms with Crippen molar-refractivity contribution in [3.8, 4) is 56.5 Å². The van der Waals surface area contributed by atoms with Crippen molar-refractivity contribution < 1.29 is 8.42 Å². The molecule has 0 atom stereocenters. The van der Waals surface area contributed by atoms with Crippen molar-refractivity contribution in [2.45, 2.75) is 11.5 Å². The second-order valence-corrected chi connectivity index (χ2v) is 14.9. The van der Waals surface area contributed by atoms with E-state index in [4.69, 9.17) is 4.98 Å². The summed E-state index contributed by atoms with van der Waals surface area (Å²) in [5, 5.41) is 11.7. The average Bonchev–Trinajstić information content (AvgIpc) is 3.43. The highest BCUT2D eigenvalue weighted by molar-refractivity contribution is 7.89. The molecule has 0 spiro atoms. The third-order valence-electron chi connectivity index (χ3n) is 9.60. The molecule has 238 valence electrons. The van der Waals surface area contributed by atoms with Gasteiger partial charge in [-0.2, -0.15) is 5.26 Å². The molecule has 0 aliphatic carbocycles. The number of pyridine rings is 1. The van der Waals surface area contributed by atoms with E-state index in [1.807, 2.05) is 84.9 Å². The monoisotopic (exact) mass is 663 g/mol. The largest absolute Gasteiger partial charge is 0.309 e. The molecule has 0 unspecified atom stereocenters. The molecule has 3 heterocycles. The van der Waals surface area contributed by atoms with Crippen molar-refractivity contribution in [2.75, 3.05) is 0 Å². The van der Waals surface area contributed by atoms with Crippen LogP contribution >= 0.6 is 0 Å². The first-order chi connectivity index (χ1) is 24.4. The molecule has 50 heavy (non-hydrogen) atoms. The first kappa shape index (κ1) is 29.8. The van der Waals surface area contributed by atoms with Crippen LogP contribution in [-0.2, 0) is 21.3 Å². The molecule has 1 aliphatic heterocycles. The van der Waals surface area contributed by atoms with Crippen LogP contribution in [0.25, 0.3) is 72.3 Å². The highest BCUT2D eigenvalue weighted by Crippen LogP contribution is 2.40. The molecule has 8 aromatic rings. The summed E-state index contributed by atoms with van der Waals surface area (Å²) in [6.45, 7) is 0. The Morgan fingerprint density at radius 3 is 1.92 bits per heavy atom. The van der Waals surface area contributed by atoms with Crippen molar-refractivity contribution in [3.63, 3.8) is 0 Å². The van der Waals surface area contributed by atoms with Gasteiger partial charge in [-0.25, -0.2) is 13.4 Å². The maximum absolute atomic E-state index is 13.6. The van der Waals surface area contributed by atoms with Gasteiger partial charge >= 0.3 is 0 Å². The third-order valence-corrected chi connectivity index (χ3v) is 11.1. The zero-order valence-electron chi connectivity index (χ0n) is 26.9. The second-order valence-electron chi connectivity index (χ2n) is 12.8. The summed E-state index contributed by atoms with van der Waals surface area (Å²) in [7, 11) is -3.44. The molecule has 0 N–H and O–H groups in total. The smallest absolute Gasteiger partial charge is 0.158 e. The fourth-order valence-electron chi connectivity index (χ4n) is 7.29. The lowest BCUT2D eigenvalue weighted by Gasteiger charge is -2.15. The molecule has 6 aromatic carbocycles. The number of nitriles is 1. The van der Waals surface area contributed by atoms with Crippen LogP contribution < -0.4 is 0 Å². The van der Waals surface area contributed by atoms with E-state index >= 15 is 0 Å². The van der Waals surface area contributed by atoms with Gasteiger partial charge in [0, 0.05) is 27.6 Å². The third kappa shape index (κ3) is 5.16. The summed E-state index contributed by atoms with van der Waals surface area (Å²) in [6.07, 6.45) is 0. The van der Waals surface area contributed by atoms with Crippen LogP contribution in [0.5, 0.6) is 0 Å². The van der Waals surface area contributed by atoms with Crippen LogP contribution in [0, 0.1) is 11.3 Å². The Hall–Kier alpha value is -6.29. The van der Waals surface area contributed by atoms with Crippen molar-refractivity contribution >= 4 is 31.6 Å². The van der Waals surface area contributed by atoms with Gasteiger partial charge in [0.05, 0.1) is 45.6 Å². The minimum absolute atomic E-state index is 0.0309. The van der Waals surface area contributed by atoms with Crippen molar-refractivity contribution in [3.05, 3.63) is 168 Å². The Balaban J connectivity index is 1.22. The predicted octanol–water partition coefficient (Wildman–Crippen LogP) is 10.1. The summed E-state index contributed by atoms with van der Waals surface area (Å²) in [4.78, 5) is 5.03. The van der Waals surface area contributed by atoms with Crippen LogP contribution in [0.15, 0.2) is 152 Å². The van der Waals surface area contributed by atoms with Crippen molar-refractivity contribution in [1.82, 2.24) is 9.55 Å². The quantitative estimate of drug-likeness (QED) is 0.188. The zero-order chi connectivity index (χ0) is 33.8. The molecule has 6 heteroatoms. The summed E-state index contributed by atoms with van der Waals surface area (Å²) < 4.78 is 29.4. The zero-order valence-corrected chi connectivity index (χ0v) is 27.7. The molecule has 9 rings (SSSR count). The predicted molar refractivity (Wildman–Crippen MR) is 201 cm³/mol. The highest BCUT2D eigenvalue weighted by atomic mass is 32.2. The van der Waals surface area contributed by atoms with E-state index in [0.29, 0.717) is 5.56 Å². The topological polar surface area (TPSA) is 75.8 Å². The molecule has 0 saturated heterocycles. The van der Waals surface area contributed by atoms with Crippen LogP contribution in [0.1, 0.15) is 16.7 Å². The summed E-state index contributed by atoms with van der Waals surface area (Å²) in [6, 6.07) is 52.9. The number of hydrogen-bond donors (Lipinski definition) is 0. The van der Waals surface area contributed by atoms with E-state index in [9.17, 15) is 13.7 Å². The van der Waals surface area contributed by atoms with Gasteiger partial charge in [0.1, 0.15) is 0 Å². The molecule has 0 saturated carbocycles. The molecular formula is C44H29N3O2S. The Bertz CT molecular complexity index is 2720. The highest BCUT2D eigenvalue weighted by Gasteiger charge is 2.25. The molecule has 0 bridgehead atoms. The van der Waals surface area contributed by atoms with E-state index in [2.05, 4.69) is 77.4 Å². The number of fused-ring (bicyclic) bond motifs is 6. The van der Waals surface area contributed by atoms with Gasteiger partial charge in [-0.05, 0) is 88.0 Å². The van der Waals surface area contributed by atoms with Crippen molar-refractivity contribution in [1.29, 1.82) is 5.26 Å². The molecular weight excluding hydrogens is 635 g/mol. The average molecular weight is 664 g/mol. The molecule has 0 amide bonds. The fraction of sp³-hybridized carbons (Fsp3) is 0.0455. The van der Waals surface area contributed by atoms with Gasteiger partial charge in [-0.1, -0.05) is 97.1 Å². The van der Waals surface area contributed by atoms with Gasteiger partial charge in [-0.15, -0.1) is 0 Å². The van der Waals surface area contributed by atoms with E-state index in [-0.39, 0.29) is 11.5 Å². The standard InChI is InChI=1S/C44H29N3O2S/c45-26-29-15-20-44-40(21-29)38-13-7-8-14-43(38)47(44)36-18-16-33-27-50(48,49)28-35-22-32(17-19-37(35)39(33)25-36)34-23-41(30-9-3-1-4-10-30)46-42(24-34)31-11-5-2-6-12-31/h1-25H,27-28H2. The van der Waals surface area contributed by atoms with Gasteiger partial charge in [-0.3, -0.25) is 0 Å². The van der Waals surface area contributed by atoms with E-state index in [1.54, 1.807) is 0 Å². The van der Waals surface area contributed by atoms with Crippen LogP contribution in [0.3, 0.4) is 0 Å². The fourth-order valence-corrected chi connectivity index (χ4v) is 8.83. The number of hydrogen-bond acceptors (Lipinski definition) is 4. The normalized spacial score (nSPS) is 13.3. The van der Waals surface area contributed by atoms with Gasteiger partial charge in [0.2, 0.25) is 0 Å². The van der Waals surface area contributed by atoms with Gasteiger partial charge in [0.15, 0.2) is 9.84 Å². The summed E-state index contributed by atoms with van der Waals surface area (Å²) in [5.41, 5.74) is 12.6. The Morgan fingerprint density at radius 1 is 0.540 bits per heavy atom. The minimum atomic E-state index is -3.44.